The highest BCUT2D eigenvalue weighted by molar-refractivity contribution is 14.1. The van der Waals surface area contributed by atoms with Crippen molar-refractivity contribution in [3.05, 3.63) is 10.0 Å². The number of aromatic nitrogens is 4. The summed E-state index contributed by atoms with van der Waals surface area (Å²) in [5.41, 5.74) is 6.62. The molecule has 0 atom stereocenters. The van der Waals surface area contributed by atoms with E-state index in [4.69, 9.17) is 5.73 Å². The maximum atomic E-state index is 5.80. The third-order valence-corrected chi connectivity index (χ3v) is 3.07. The molecule has 6 nitrogen and oxygen atoms in total. The van der Waals surface area contributed by atoms with Crippen LogP contribution >= 0.6 is 22.6 Å². The molecule has 0 unspecified atom stereocenters. The molecule has 2 heterocycles. The first kappa shape index (κ1) is 11.5. The fourth-order valence-electron chi connectivity index (χ4n) is 1.55. The van der Waals surface area contributed by atoms with Crippen LogP contribution in [-0.4, -0.2) is 33.3 Å². The van der Waals surface area contributed by atoms with Gasteiger partial charge in [0.25, 0.3) is 0 Å². The molecule has 0 saturated carbocycles. The van der Waals surface area contributed by atoms with E-state index in [2.05, 4.69) is 43.0 Å². The Morgan fingerprint density at radius 1 is 1.50 bits per heavy atom. The summed E-state index contributed by atoms with van der Waals surface area (Å²) in [4.78, 5) is 8.20. The topological polar surface area (TPSA) is 81.7 Å². The molecule has 7 heteroatoms. The Bertz CT molecular complexity index is 494. The van der Waals surface area contributed by atoms with Gasteiger partial charge in [0.05, 0.1) is 5.39 Å². The zero-order chi connectivity index (χ0) is 11.5. The molecular formula is C9H13IN6. The van der Waals surface area contributed by atoms with Gasteiger partial charge in [-0.3, -0.25) is 0 Å². The van der Waals surface area contributed by atoms with Gasteiger partial charge in [-0.1, -0.05) is 0 Å². The van der Waals surface area contributed by atoms with Gasteiger partial charge in [-0.2, -0.15) is 5.10 Å². The second-order valence-corrected chi connectivity index (χ2v) is 4.45. The molecule has 0 saturated heterocycles. The molecule has 0 aliphatic rings. The van der Waals surface area contributed by atoms with Crippen molar-refractivity contribution in [3.8, 4) is 0 Å². The van der Waals surface area contributed by atoms with E-state index in [1.165, 1.54) is 6.33 Å². The van der Waals surface area contributed by atoms with Crippen molar-refractivity contribution < 1.29 is 0 Å². The van der Waals surface area contributed by atoms with E-state index >= 15 is 0 Å². The molecule has 2 rings (SSSR count). The van der Waals surface area contributed by atoms with Gasteiger partial charge in [-0.25, -0.2) is 14.6 Å². The third-order valence-electron chi connectivity index (χ3n) is 2.31. The Labute approximate surface area is 107 Å². The number of aryl methyl sites for hydroxylation is 1. The minimum atomic E-state index is 0.495. The van der Waals surface area contributed by atoms with Gasteiger partial charge in [-0.05, 0) is 42.6 Å². The fraction of sp³-hybridized carbons (Fsp3) is 0.444. The Kier molecular flexibility index (Phi) is 3.54. The zero-order valence-electron chi connectivity index (χ0n) is 8.94. The standard InChI is InChI=1S/C9H13IN6/c1-12-3-2-4-16-9-6(7(10)15-16)8(11)13-5-14-9/h5,12H,2-4H2,1H3,(H2,11,13,14). The van der Waals surface area contributed by atoms with Crippen LogP contribution in [0.4, 0.5) is 5.82 Å². The van der Waals surface area contributed by atoms with E-state index in [0.717, 1.165) is 34.2 Å². The average Bonchev–Trinajstić information content (AvgIpc) is 2.58. The van der Waals surface area contributed by atoms with Gasteiger partial charge in [0, 0.05) is 6.54 Å². The van der Waals surface area contributed by atoms with Crippen molar-refractivity contribution in [2.45, 2.75) is 13.0 Å². The summed E-state index contributed by atoms with van der Waals surface area (Å²) >= 11 is 2.16. The van der Waals surface area contributed by atoms with E-state index in [9.17, 15) is 0 Å². The van der Waals surface area contributed by atoms with Gasteiger partial charge >= 0.3 is 0 Å². The lowest BCUT2D eigenvalue weighted by Crippen LogP contribution is -2.12. The minimum Gasteiger partial charge on any atom is -0.383 e. The van der Waals surface area contributed by atoms with Crippen molar-refractivity contribution in [2.24, 2.45) is 0 Å². The summed E-state index contributed by atoms with van der Waals surface area (Å²) in [5.74, 6) is 0.495. The van der Waals surface area contributed by atoms with Crippen LogP contribution in [0.3, 0.4) is 0 Å². The predicted octanol–water partition coefficient (Wildman–Crippen LogP) is 0.623. The van der Waals surface area contributed by atoms with Crippen molar-refractivity contribution in [1.29, 1.82) is 0 Å². The number of nitrogens with zero attached hydrogens (tertiary/aromatic N) is 4. The molecule has 86 valence electrons. The van der Waals surface area contributed by atoms with E-state index in [1.807, 2.05) is 11.7 Å². The average molecular weight is 332 g/mol. The third kappa shape index (κ3) is 2.09. The number of hydrogen-bond donors (Lipinski definition) is 2. The molecule has 0 aliphatic carbocycles. The van der Waals surface area contributed by atoms with Crippen molar-refractivity contribution >= 4 is 39.4 Å². The smallest absolute Gasteiger partial charge is 0.164 e. The van der Waals surface area contributed by atoms with Crippen molar-refractivity contribution in [1.82, 2.24) is 25.1 Å². The monoisotopic (exact) mass is 332 g/mol. The number of fused-ring (bicyclic) bond motifs is 1. The van der Waals surface area contributed by atoms with Gasteiger partial charge < -0.3 is 11.1 Å². The van der Waals surface area contributed by atoms with E-state index in [-0.39, 0.29) is 0 Å². The van der Waals surface area contributed by atoms with E-state index in [0.29, 0.717) is 5.82 Å². The summed E-state index contributed by atoms with van der Waals surface area (Å²) in [7, 11) is 1.94. The molecule has 2 aromatic rings. The molecule has 0 radical (unpaired) electrons. The van der Waals surface area contributed by atoms with Gasteiger partial charge in [0.1, 0.15) is 15.8 Å². The number of halogens is 1. The Morgan fingerprint density at radius 3 is 3.06 bits per heavy atom. The molecule has 0 amide bonds. The highest BCUT2D eigenvalue weighted by Crippen LogP contribution is 2.22. The molecule has 0 fully saturated rings. The Morgan fingerprint density at radius 2 is 2.31 bits per heavy atom. The number of anilines is 1. The van der Waals surface area contributed by atoms with Crippen LogP contribution in [0.1, 0.15) is 6.42 Å². The summed E-state index contributed by atoms with van der Waals surface area (Å²) < 4.78 is 2.74. The van der Waals surface area contributed by atoms with Crippen LogP contribution in [0.15, 0.2) is 6.33 Å². The van der Waals surface area contributed by atoms with Gasteiger partial charge in [0.2, 0.25) is 0 Å². The second-order valence-electron chi connectivity index (χ2n) is 3.43. The van der Waals surface area contributed by atoms with E-state index < -0.39 is 0 Å². The van der Waals surface area contributed by atoms with Crippen LogP contribution < -0.4 is 11.1 Å². The summed E-state index contributed by atoms with van der Waals surface area (Å²) in [6.07, 6.45) is 2.48. The van der Waals surface area contributed by atoms with Crippen LogP contribution in [-0.2, 0) is 6.54 Å². The van der Waals surface area contributed by atoms with Crippen LogP contribution in [0.25, 0.3) is 11.0 Å². The number of nitrogens with two attached hydrogens (primary N) is 1. The largest absolute Gasteiger partial charge is 0.383 e. The number of hydrogen-bond acceptors (Lipinski definition) is 5. The summed E-state index contributed by atoms with van der Waals surface area (Å²) in [5, 5.41) is 8.37. The Hall–Kier alpha value is -0.960. The number of nitrogens with one attached hydrogen (secondary N) is 1. The molecule has 2 aromatic heterocycles. The van der Waals surface area contributed by atoms with Crippen LogP contribution in [0.2, 0.25) is 0 Å². The van der Waals surface area contributed by atoms with E-state index in [1.54, 1.807) is 0 Å². The normalized spacial score (nSPS) is 11.1. The van der Waals surface area contributed by atoms with Gasteiger partial charge in [-0.15, -0.1) is 0 Å². The van der Waals surface area contributed by atoms with Crippen LogP contribution in [0.5, 0.6) is 0 Å². The first-order chi connectivity index (χ1) is 7.74. The lowest BCUT2D eigenvalue weighted by atomic mass is 10.4. The summed E-state index contributed by atoms with van der Waals surface area (Å²) in [6.45, 7) is 1.79. The first-order valence-corrected chi connectivity index (χ1v) is 6.09. The highest BCUT2D eigenvalue weighted by atomic mass is 127. The zero-order valence-corrected chi connectivity index (χ0v) is 11.1. The van der Waals surface area contributed by atoms with Crippen molar-refractivity contribution in [2.75, 3.05) is 19.3 Å². The molecule has 3 N–H and O–H groups in total. The predicted molar refractivity (Wildman–Crippen MR) is 71.0 cm³/mol. The van der Waals surface area contributed by atoms with Crippen LogP contribution in [0, 0.1) is 3.70 Å². The van der Waals surface area contributed by atoms with Gasteiger partial charge in [0.15, 0.2) is 5.65 Å². The lowest BCUT2D eigenvalue weighted by Gasteiger charge is -2.02. The molecule has 0 aliphatic heterocycles. The maximum absolute atomic E-state index is 5.80. The first-order valence-electron chi connectivity index (χ1n) is 5.01. The quantitative estimate of drug-likeness (QED) is 0.634. The molecule has 16 heavy (non-hydrogen) atoms. The minimum absolute atomic E-state index is 0.495. The molecule has 0 bridgehead atoms. The molecular weight excluding hydrogens is 319 g/mol. The SMILES string of the molecule is CNCCCn1nc(I)c2c(N)ncnc21. The molecule has 0 aromatic carbocycles. The Balaban J connectivity index is 2.36. The number of nitrogen functional groups attached to an aromatic ring is 1. The maximum Gasteiger partial charge on any atom is 0.164 e. The second kappa shape index (κ2) is 4.91. The number of rotatable bonds is 4. The summed E-state index contributed by atoms with van der Waals surface area (Å²) in [6, 6.07) is 0. The molecule has 0 spiro atoms. The fourth-order valence-corrected chi connectivity index (χ4v) is 2.33. The lowest BCUT2D eigenvalue weighted by molar-refractivity contribution is 0.570. The van der Waals surface area contributed by atoms with Crippen molar-refractivity contribution in [3.63, 3.8) is 0 Å². The highest BCUT2D eigenvalue weighted by Gasteiger charge is 2.12.